The van der Waals surface area contributed by atoms with Gasteiger partial charge in [0.2, 0.25) is 15.9 Å². The molecule has 0 aliphatic rings. The SMILES string of the molecule is CC(=O)Nc1cccc(O[C@@H](NC(=O)c2cccc(Cl)c2)C(Cl)(Cl)Cl)c1. The van der Waals surface area contributed by atoms with Gasteiger partial charge in [0.25, 0.3) is 5.91 Å². The van der Waals surface area contributed by atoms with Gasteiger partial charge in [0.15, 0.2) is 0 Å². The molecule has 0 unspecified atom stereocenters. The van der Waals surface area contributed by atoms with Crippen LogP contribution in [-0.2, 0) is 4.79 Å². The summed E-state index contributed by atoms with van der Waals surface area (Å²) < 4.78 is 3.67. The van der Waals surface area contributed by atoms with Crippen LogP contribution in [0.25, 0.3) is 0 Å². The number of nitrogens with one attached hydrogen (secondary N) is 2. The largest absolute Gasteiger partial charge is 0.466 e. The minimum Gasteiger partial charge on any atom is -0.466 e. The Balaban J connectivity index is 2.18. The van der Waals surface area contributed by atoms with E-state index in [4.69, 9.17) is 51.1 Å². The van der Waals surface area contributed by atoms with Crippen molar-refractivity contribution in [2.24, 2.45) is 0 Å². The summed E-state index contributed by atoms with van der Waals surface area (Å²) in [5.41, 5.74) is 0.784. The van der Waals surface area contributed by atoms with Crippen molar-refractivity contribution in [2.75, 3.05) is 5.32 Å². The van der Waals surface area contributed by atoms with E-state index in [-0.39, 0.29) is 11.5 Å². The van der Waals surface area contributed by atoms with Gasteiger partial charge in [-0.3, -0.25) is 9.59 Å². The van der Waals surface area contributed by atoms with Crippen molar-refractivity contribution in [2.45, 2.75) is 16.9 Å². The van der Waals surface area contributed by atoms with Crippen LogP contribution in [0.4, 0.5) is 5.69 Å². The number of amides is 2. The van der Waals surface area contributed by atoms with E-state index in [1.54, 1.807) is 36.4 Å². The van der Waals surface area contributed by atoms with Crippen molar-refractivity contribution in [3.8, 4) is 5.75 Å². The summed E-state index contributed by atoms with van der Waals surface area (Å²) in [6.07, 6.45) is -1.29. The fourth-order valence-electron chi connectivity index (χ4n) is 2.00. The summed E-state index contributed by atoms with van der Waals surface area (Å²) >= 11 is 23.7. The van der Waals surface area contributed by atoms with Crippen LogP contribution in [0.1, 0.15) is 17.3 Å². The number of alkyl halides is 3. The third kappa shape index (κ3) is 6.25. The van der Waals surface area contributed by atoms with Crippen molar-refractivity contribution in [1.82, 2.24) is 5.32 Å². The molecule has 0 spiro atoms. The molecule has 0 heterocycles. The van der Waals surface area contributed by atoms with Crippen molar-refractivity contribution >= 4 is 63.9 Å². The molecule has 0 bridgehead atoms. The maximum absolute atomic E-state index is 12.4. The fraction of sp³-hybridized carbons (Fsp3) is 0.176. The topological polar surface area (TPSA) is 67.4 Å². The lowest BCUT2D eigenvalue weighted by molar-refractivity contribution is -0.114. The number of benzene rings is 2. The molecular formula is C17H14Cl4N2O3. The molecule has 1 atom stereocenters. The van der Waals surface area contributed by atoms with Crippen molar-refractivity contribution in [3.63, 3.8) is 0 Å². The average molecular weight is 436 g/mol. The molecular weight excluding hydrogens is 422 g/mol. The molecule has 2 N–H and O–H groups in total. The lowest BCUT2D eigenvalue weighted by atomic mass is 10.2. The lowest BCUT2D eigenvalue weighted by Gasteiger charge is -2.26. The zero-order valence-electron chi connectivity index (χ0n) is 13.4. The Kier molecular flexibility index (Phi) is 7.01. The fourth-order valence-corrected chi connectivity index (χ4v) is 2.48. The monoisotopic (exact) mass is 434 g/mol. The average Bonchev–Trinajstić information content (AvgIpc) is 2.53. The molecule has 2 aromatic rings. The van der Waals surface area contributed by atoms with Crippen LogP contribution in [0.5, 0.6) is 5.75 Å². The molecule has 26 heavy (non-hydrogen) atoms. The molecule has 9 heteroatoms. The van der Waals surface area contributed by atoms with E-state index in [9.17, 15) is 9.59 Å². The number of ether oxygens (including phenoxy) is 1. The summed E-state index contributed by atoms with van der Waals surface area (Å²) in [7, 11) is 0. The van der Waals surface area contributed by atoms with Crippen molar-refractivity contribution in [3.05, 3.63) is 59.1 Å². The van der Waals surface area contributed by atoms with Crippen LogP contribution in [0, 0.1) is 0 Å². The summed E-state index contributed by atoms with van der Waals surface area (Å²) in [4.78, 5) is 23.5. The number of hydrogen-bond donors (Lipinski definition) is 2. The predicted molar refractivity (Wildman–Crippen MR) is 104 cm³/mol. The minimum atomic E-state index is -1.95. The number of carbonyl (C=O) groups is 2. The summed E-state index contributed by atoms with van der Waals surface area (Å²) in [5.74, 6) is -0.477. The van der Waals surface area contributed by atoms with Gasteiger partial charge in [-0.25, -0.2) is 0 Å². The van der Waals surface area contributed by atoms with E-state index in [1.165, 1.54) is 19.1 Å². The Bertz CT molecular complexity index is 809. The second kappa shape index (κ2) is 8.82. The quantitative estimate of drug-likeness (QED) is 0.523. The molecule has 2 aromatic carbocycles. The smallest absolute Gasteiger partial charge is 0.254 e. The first-order valence-corrected chi connectivity index (χ1v) is 8.84. The highest BCUT2D eigenvalue weighted by atomic mass is 35.6. The summed E-state index contributed by atoms with van der Waals surface area (Å²) in [5, 5.41) is 5.51. The number of carbonyl (C=O) groups excluding carboxylic acids is 2. The Labute approximate surface area is 170 Å². The maximum atomic E-state index is 12.4. The van der Waals surface area contributed by atoms with Crippen molar-refractivity contribution in [1.29, 1.82) is 0 Å². The Morgan fingerprint density at radius 2 is 1.77 bits per heavy atom. The van der Waals surface area contributed by atoms with Gasteiger partial charge in [-0.2, -0.15) is 0 Å². The molecule has 0 aromatic heterocycles. The van der Waals surface area contributed by atoms with Gasteiger partial charge in [-0.15, -0.1) is 0 Å². The van der Waals surface area contributed by atoms with Gasteiger partial charge in [0.1, 0.15) is 5.75 Å². The van der Waals surface area contributed by atoms with Crippen molar-refractivity contribution < 1.29 is 14.3 Å². The first kappa shape index (κ1) is 20.6. The predicted octanol–water partition coefficient (Wildman–Crippen LogP) is 4.80. The van der Waals surface area contributed by atoms with Gasteiger partial charge < -0.3 is 15.4 Å². The molecule has 2 rings (SSSR count). The number of rotatable bonds is 5. The summed E-state index contributed by atoms with van der Waals surface area (Å²) in [6, 6.07) is 12.8. The third-order valence-corrected chi connectivity index (χ3v) is 3.88. The minimum absolute atomic E-state index is 0.241. The lowest BCUT2D eigenvalue weighted by Crippen LogP contribution is -2.47. The van der Waals surface area contributed by atoms with E-state index >= 15 is 0 Å². The van der Waals surface area contributed by atoms with Gasteiger partial charge in [0, 0.05) is 29.3 Å². The van der Waals surface area contributed by atoms with Gasteiger partial charge >= 0.3 is 0 Å². The van der Waals surface area contributed by atoms with Gasteiger partial charge in [0.05, 0.1) is 0 Å². The molecule has 0 saturated carbocycles. The standard InChI is InChI=1S/C17H14Cl4N2O3/c1-10(24)22-13-6-3-7-14(9-13)26-16(17(19,20)21)23-15(25)11-4-2-5-12(18)8-11/h2-9,16H,1H3,(H,22,24)(H,23,25)/t16-/m1/s1. The molecule has 5 nitrogen and oxygen atoms in total. The zero-order chi connectivity index (χ0) is 19.3. The van der Waals surface area contributed by atoms with E-state index in [0.717, 1.165) is 0 Å². The first-order valence-electron chi connectivity index (χ1n) is 7.32. The highest BCUT2D eigenvalue weighted by Gasteiger charge is 2.36. The zero-order valence-corrected chi connectivity index (χ0v) is 16.5. The first-order chi connectivity index (χ1) is 12.1. The molecule has 0 fully saturated rings. The van der Waals surface area contributed by atoms with E-state index in [2.05, 4.69) is 10.6 Å². The van der Waals surface area contributed by atoms with Crippen LogP contribution in [0.15, 0.2) is 48.5 Å². The van der Waals surface area contributed by atoms with Crippen LogP contribution < -0.4 is 15.4 Å². The molecule has 0 aliphatic carbocycles. The molecule has 0 saturated heterocycles. The van der Waals surface area contributed by atoms with E-state index in [0.29, 0.717) is 16.5 Å². The highest BCUT2D eigenvalue weighted by molar-refractivity contribution is 6.68. The number of halogens is 4. The maximum Gasteiger partial charge on any atom is 0.254 e. The second-order valence-electron chi connectivity index (χ2n) is 5.23. The highest BCUT2D eigenvalue weighted by Crippen LogP contribution is 2.32. The van der Waals surface area contributed by atoms with Gasteiger partial charge in [-0.1, -0.05) is 58.5 Å². The van der Waals surface area contributed by atoms with Crippen LogP contribution in [-0.4, -0.2) is 21.8 Å². The Morgan fingerprint density at radius 1 is 1.08 bits per heavy atom. The molecule has 0 aliphatic heterocycles. The second-order valence-corrected chi connectivity index (χ2v) is 8.04. The number of anilines is 1. The molecule has 0 radical (unpaired) electrons. The normalized spacial score (nSPS) is 12.2. The van der Waals surface area contributed by atoms with E-state index in [1.807, 2.05) is 0 Å². The molecule has 138 valence electrons. The third-order valence-electron chi connectivity index (χ3n) is 3.05. The van der Waals surface area contributed by atoms with Gasteiger partial charge in [-0.05, 0) is 30.3 Å². The van der Waals surface area contributed by atoms with Crippen LogP contribution >= 0.6 is 46.4 Å². The molecule has 2 amide bonds. The van der Waals surface area contributed by atoms with Crippen LogP contribution in [0.2, 0.25) is 5.02 Å². The number of hydrogen-bond acceptors (Lipinski definition) is 3. The van der Waals surface area contributed by atoms with Crippen LogP contribution in [0.3, 0.4) is 0 Å². The Morgan fingerprint density at radius 3 is 2.38 bits per heavy atom. The Hall–Kier alpha value is -1.66. The summed E-state index contributed by atoms with van der Waals surface area (Å²) in [6.45, 7) is 1.38. The van der Waals surface area contributed by atoms with E-state index < -0.39 is 15.9 Å².